The van der Waals surface area contributed by atoms with Crippen LogP contribution in [-0.2, 0) is 10.0 Å². The average Bonchev–Trinajstić information content (AvgIpc) is 2.70. The molecule has 3 rings (SSSR count). The van der Waals surface area contributed by atoms with Gasteiger partial charge in [0.2, 0.25) is 0 Å². The third kappa shape index (κ3) is 5.18. The largest absolute Gasteiger partial charge is 0.493 e. The monoisotopic (exact) mass is 494 g/mol. The lowest BCUT2D eigenvalue weighted by Gasteiger charge is -2.15. The van der Waals surface area contributed by atoms with E-state index in [1.807, 2.05) is 14.1 Å². The van der Waals surface area contributed by atoms with E-state index >= 15 is 0 Å². The Morgan fingerprint density at radius 1 is 1.13 bits per heavy atom. The molecule has 0 aliphatic rings. The zero-order valence-electron chi connectivity index (χ0n) is 16.9. The van der Waals surface area contributed by atoms with Crippen LogP contribution in [0, 0.1) is 0 Å². The number of fused-ring (bicyclic) bond motifs is 1. The van der Waals surface area contributed by atoms with Gasteiger partial charge in [0, 0.05) is 22.5 Å². The standard InChI is InChI=1S/C20H23BrN4O4S/c1-25(2)9-6-10-29-18-12-16-14(11-17(18)28-3)20(23-13-22-16)24-30(26,27)19-8-5-4-7-15(19)21/h4-5,7-8,11-13H,6,9-10H2,1-3H3,(H,22,23,24). The zero-order valence-corrected chi connectivity index (χ0v) is 19.3. The van der Waals surface area contributed by atoms with E-state index in [1.54, 1.807) is 30.3 Å². The fourth-order valence-corrected chi connectivity index (χ4v) is 4.86. The van der Waals surface area contributed by atoms with E-state index in [1.165, 1.54) is 19.5 Å². The van der Waals surface area contributed by atoms with Crippen LogP contribution in [0.25, 0.3) is 10.9 Å². The van der Waals surface area contributed by atoms with Crippen molar-refractivity contribution in [1.29, 1.82) is 0 Å². The van der Waals surface area contributed by atoms with Crippen LogP contribution < -0.4 is 14.2 Å². The van der Waals surface area contributed by atoms with Crippen molar-refractivity contribution in [1.82, 2.24) is 14.9 Å². The van der Waals surface area contributed by atoms with Crippen LogP contribution in [0.5, 0.6) is 11.5 Å². The van der Waals surface area contributed by atoms with E-state index < -0.39 is 10.0 Å². The molecule has 2 aromatic carbocycles. The van der Waals surface area contributed by atoms with Crippen LogP contribution in [-0.4, -0.2) is 57.6 Å². The molecular weight excluding hydrogens is 472 g/mol. The summed E-state index contributed by atoms with van der Waals surface area (Å²) in [7, 11) is 1.68. The average molecular weight is 495 g/mol. The topological polar surface area (TPSA) is 93.6 Å². The highest BCUT2D eigenvalue weighted by Crippen LogP contribution is 2.35. The Morgan fingerprint density at radius 2 is 1.90 bits per heavy atom. The van der Waals surface area contributed by atoms with Gasteiger partial charge in [0.05, 0.1) is 19.2 Å². The van der Waals surface area contributed by atoms with Crippen LogP contribution in [0.2, 0.25) is 0 Å². The Balaban J connectivity index is 1.92. The number of ether oxygens (including phenoxy) is 2. The summed E-state index contributed by atoms with van der Waals surface area (Å²) in [5, 5.41) is 0.505. The molecule has 8 nitrogen and oxygen atoms in total. The van der Waals surface area contributed by atoms with Gasteiger partial charge in [-0.2, -0.15) is 0 Å². The smallest absolute Gasteiger partial charge is 0.264 e. The summed E-state index contributed by atoms with van der Waals surface area (Å²) >= 11 is 3.27. The van der Waals surface area contributed by atoms with Crippen molar-refractivity contribution in [3.63, 3.8) is 0 Å². The predicted molar refractivity (Wildman–Crippen MR) is 120 cm³/mol. The van der Waals surface area contributed by atoms with Gasteiger partial charge in [-0.05, 0) is 54.6 Å². The number of nitrogens with one attached hydrogen (secondary N) is 1. The van der Waals surface area contributed by atoms with E-state index in [-0.39, 0.29) is 10.7 Å². The number of nitrogens with zero attached hydrogens (tertiary/aromatic N) is 3. The SMILES string of the molecule is COc1cc2c(NS(=O)(=O)c3ccccc3Br)ncnc2cc1OCCCN(C)C. The van der Waals surface area contributed by atoms with Gasteiger partial charge >= 0.3 is 0 Å². The van der Waals surface area contributed by atoms with Crippen LogP contribution in [0.15, 0.2) is 52.1 Å². The summed E-state index contributed by atoms with van der Waals surface area (Å²) < 4.78 is 40.0. The van der Waals surface area contributed by atoms with Gasteiger partial charge in [0.25, 0.3) is 10.0 Å². The van der Waals surface area contributed by atoms with Crippen LogP contribution >= 0.6 is 15.9 Å². The van der Waals surface area contributed by atoms with Crippen molar-refractivity contribution < 1.29 is 17.9 Å². The van der Waals surface area contributed by atoms with Crippen LogP contribution in [0.1, 0.15) is 6.42 Å². The zero-order chi connectivity index (χ0) is 21.7. The van der Waals surface area contributed by atoms with Gasteiger partial charge < -0.3 is 14.4 Å². The molecule has 160 valence electrons. The molecule has 10 heteroatoms. The fraction of sp³-hybridized carbons (Fsp3) is 0.300. The highest BCUT2D eigenvalue weighted by atomic mass is 79.9. The molecule has 0 spiro atoms. The molecule has 1 heterocycles. The fourth-order valence-electron chi connectivity index (χ4n) is 2.83. The summed E-state index contributed by atoms with van der Waals surface area (Å²) in [5.74, 6) is 1.18. The van der Waals surface area contributed by atoms with E-state index in [4.69, 9.17) is 9.47 Å². The second kappa shape index (κ2) is 9.59. The summed E-state index contributed by atoms with van der Waals surface area (Å²) in [6.45, 7) is 1.42. The second-order valence-electron chi connectivity index (χ2n) is 6.78. The first-order chi connectivity index (χ1) is 14.3. The van der Waals surface area contributed by atoms with Crippen molar-refractivity contribution in [2.75, 3.05) is 39.1 Å². The van der Waals surface area contributed by atoms with E-state index in [2.05, 4.69) is 35.5 Å². The number of methoxy groups -OCH3 is 1. The molecular formula is C20H23BrN4O4S. The molecule has 0 saturated heterocycles. The summed E-state index contributed by atoms with van der Waals surface area (Å²) in [6, 6.07) is 9.97. The van der Waals surface area contributed by atoms with Crippen molar-refractivity contribution in [3.8, 4) is 11.5 Å². The molecule has 0 fully saturated rings. The lowest BCUT2D eigenvalue weighted by molar-refractivity contribution is 0.268. The van der Waals surface area contributed by atoms with E-state index in [0.29, 0.717) is 33.5 Å². The molecule has 3 aromatic rings. The number of halogens is 1. The number of aromatic nitrogens is 2. The molecule has 0 amide bonds. The third-order valence-corrected chi connectivity index (χ3v) is 6.64. The van der Waals surface area contributed by atoms with Crippen molar-refractivity contribution in [2.45, 2.75) is 11.3 Å². The number of sulfonamides is 1. The van der Waals surface area contributed by atoms with Gasteiger partial charge in [0.15, 0.2) is 17.3 Å². The Hall–Kier alpha value is -2.43. The molecule has 0 unspecified atom stereocenters. The summed E-state index contributed by atoms with van der Waals surface area (Å²) in [4.78, 5) is 10.6. The third-order valence-electron chi connectivity index (χ3n) is 4.29. The molecule has 0 bridgehead atoms. The molecule has 0 saturated carbocycles. The number of hydrogen-bond acceptors (Lipinski definition) is 7. The maximum atomic E-state index is 12.9. The highest BCUT2D eigenvalue weighted by Gasteiger charge is 2.20. The minimum atomic E-state index is -3.85. The van der Waals surface area contributed by atoms with Gasteiger partial charge in [-0.25, -0.2) is 18.4 Å². The van der Waals surface area contributed by atoms with Gasteiger partial charge in [-0.1, -0.05) is 12.1 Å². The van der Waals surface area contributed by atoms with Crippen molar-refractivity contribution in [3.05, 3.63) is 47.2 Å². The van der Waals surface area contributed by atoms with Gasteiger partial charge in [-0.3, -0.25) is 4.72 Å². The number of benzene rings is 2. The Kier molecular flexibility index (Phi) is 7.11. The number of hydrogen-bond donors (Lipinski definition) is 1. The Labute approximate surface area is 184 Å². The quantitative estimate of drug-likeness (QED) is 0.454. The lowest BCUT2D eigenvalue weighted by Crippen LogP contribution is -2.16. The van der Waals surface area contributed by atoms with Crippen LogP contribution in [0.3, 0.4) is 0 Å². The molecule has 0 radical (unpaired) electrons. The Bertz CT molecular complexity index is 1140. The molecule has 1 N–H and O–H groups in total. The minimum absolute atomic E-state index is 0.115. The number of anilines is 1. The second-order valence-corrected chi connectivity index (χ2v) is 9.29. The number of rotatable bonds is 9. The van der Waals surface area contributed by atoms with Crippen molar-refractivity contribution in [2.24, 2.45) is 0 Å². The van der Waals surface area contributed by atoms with Gasteiger partial charge in [0.1, 0.15) is 11.2 Å². The van der Waals surface area contributed by atoms with Crippen molar-refractivity contribution >= 4 is 42.7 Å². The van der Waals surface area contributed by atoms with Gasteiger partial charge in [-0.15, -0.1) is 0 Å². The molecule has 0 aliphatic carbocycles. The van der Waals surface area contributed by atoms with Crippen LogP contribution in [0.4, 0.5) is 5.82 Å². The highest BCUT2D eigenvalue weighted by molar-refractivity contribution is 9.10. The maximum absolute atomic E-state index is 12.9. The minimum Gasteiger partial charge on any atom is -0.493 e. The maximum Gasteiger partial charge on any atom is 0.264 e. The van der Waals surface area contributed by atoms with E-state index in [9.17, 15) is 8.42 Å². The summed E-state index contributed by atoms with van der Waals surface area (Å²) in [5.41, 5.74) is 0.540. The predicted octanol–water partition coefficient (Wildman–Crippen LogP) is 3.53. The molecule has 1 aromatic heterocycles. The van der Waals surface area contributed by atoms with E-state index in [0.717, 1.165) is 13.0 Å². The first kappa shape index (κ1) is 22.3. The molecule has 30 heavy (non-hydrogen) atoms. The normalized spacial score (nSPS) is 11.6. The molecule has 0 atom stereocenters. The summed E-state index contributed by atoms with van der Waals surface area (Å²) in [6.07, 6.45) is 2.16. The first-order valence-corrected chi connectivity index (χ1v) is 11.5. The first-order valence-electron chi connectivity index (χ1n) is 9.19. The molecule has 0 aliphatic heterocycles. The lowest BCUT2D eigenvalue weighted by atomic mass is 10.2. The Morgan fingerprint density at radius 3 is 2.60 bits per heavy atom.